The van der Waals surface area contributed by atoms with Gasteiger partial charge in [0.15, 0.2) is 0 Å². The lowest BCUT2D eigenvalue weighted by molar-refractivity contribution is -0.368. The molecule has 3 atom stereocenters. The fourth-order valence-electron chi connectivity index (χ4n) is 1.86. The first-order chi connectivity index (χ1) is 11.4. The van der Waals surface area contributed by atoms with Crippen molar-refractivity contribution in [1.29, 1.82) is 0 Å². The number of amides is 3. The van der Waals surface area contributed by atoms with Gasteiger partial charge in [0, 0.05) is 0 Å². The number of nitrogens with two attached hydrogens (primary N) is 1. The highest BCUT2D eigenvalue weighted by molar-refractivity contribution is 5.92. The molecule has 138 valence electrons. The highest BCUT2D eigenvalue weighted by atomic mass is 16.3. The van der Waals surface area contributed by atoms with E-state index < -0.39 is 42.5 Å². The molecule has 10 heteroatoms. The summed E-state index contributed by atoms with van der Waals surface area (Å²) in [6.45, 7) is 1.38. The van der Waals surface area contributed by atoms with Crippen LogP contribution in [0.4, 0.5) is 0 Å². The molecule has 10 nitrogen and oxygen atoms in total. The van der Waals surface area contributed by atoms with Crippen molar-refractivity contribution in [2.24, 2.45) is 5.73 Å². The minimum absolute atomic E-state index is 0.247. The van der Waals surface area contributed by atoms with Crippen molar-refractivity contribution in [2.75, 3.05) is 19.7 Å². The maximum absolute atomic E-state index is 12.2. The van der Waals surface area contributed by atoms with Crippen molar-refractivity contribution in [3.63, 3.8) is 0 Å². The zero-order valence-corrected chi connectivity index (χ0v) is 13.9. The number of aliphatic hydroxyl groups excluding tert-OH is 1. The van der Waals surface area contributed by atoms with Crippen LogP contribution in [0.5, 0.6) is 0 Å². The van der Waals surface area contributed by atoms with E-state index in [9.17, 15) is 19.2 Å². The van der Waals surface area contributed by atoms with E-state index in [-0.39, 0.29) is 6.54 Å². The number of aldehydes is 1. The Morgan fingerprint density at radius 3 is 2.33 bits per heavy atom. The molecule has 9 N–H and O–H groups in total. The lowest BCUT2D eigenvalue weighted by Gasteiger charge is -2.22. The highest BCUT2D eigenvalue weighted by Gasteiger charge is 2.25. The molecule has 0 aromatic carbocycles. The van der Waals surface area contributed by atoms with Gasteiger partial charge in [-0.3, -0.25) is 14.4 Å². The van der Waals surface area contributed by atoms with E-state index in [2.05, 4.69) is 21.7 Å². The predicted octanol–water partition coefficient (Wildman–Crippen LogP) is -3.98. The Labute approximate surface area is 140 Å². The van der Waals surface area contributed by atoms with Gasteiger partial charge < -0.3 is 37.3 Å². The Balaban J connectivity index is 4.79. The van der Waals surface area contributed by atoms with Crippen molar-refractivity contribution in [2.45, 2.75) is 44.3 Å². The summed E-state index contributed by atoms with van der Waals surface area (Å²) in [4.78, 5) is 46.2. The van der Waals surface area contributed by atoms with E-state index >= 15 is 0 Å². The lowest BCUT2D eigenvalue weighted by atomic mass is 10.1. The minimum atomic E-state index is -1.03. The standard InChI is InChI=1S/C14H27N5O5/c1-9(17-12(22)6-16)13(23)19-11(4-2-3-5-15)14(24)18-10(7-20)8-21/h7,9-11,21H,2-6,8,15-16H2,1H3,(H,17,22)(H,18,24)(H,19,23)/p+1/t9-,10+,11-/m0/s1. The minimum Gasteiger partial charge on any atom is -0.394 e. The third-order valence-electron chi connectivity index (χ3n) is 3.27. The largest absolute Gasteiger partial charge is 0.394 e. The molecule has 0 spiro atoms. The number of aliphatic hydroxyl groups is 1. The molecule has 0 rings (SSSR count). The van der Waals surface area contributed by atoms with Gasteiger partial charge >= 0.3 is 0 Å². The molecule has 0 aliphatic heterocycles. The quantitative estimate of drug-likeness (QED) is 0.155. The van der Waals surface area contributed by atoms with E-state index in [4.69, 9.17) is 10.8 Å². The molecule has 0 heterocycles. The van der Waals surface area contributed by atoms with Crippen LogP contribution in [0.25, 0.3) is 0 Å². The van der Waals surface area contributed by atoms with Crippen molar-refractivity contribution in [3.05, 3.63) is 0 Å². The zero-order chi connectivity index (χ0) is 18.5. The third-order valence-corrected chi connectivity index (χ3v) is 3.27. The molecular formula is C14H28N5O5+. The van der Waals surface area contributed by atoms with Crippen LogP contribution >= 0.6 is 0 Å². The summed E-state index contributed by atoms with van der Waals surface area (Å²) in [7, 11) is 0. The van der Waals surface area contributed by atoms with Gasteiger partial charge in [0.2, 0.25) is 17.7 Å². The first-order valence-corrected chi connectivity index (χ1v) is 7.85. The fourth-order valence-corrected chi connectivity index (χ4v) is 1.86. The van der Waals surface area contributed by atoms with E-state index in [1.54, 1.807) is 0 Å². The lowest BCUT2D eigenvalue weighted by Crippen LogP contribution is -2.55. The monoisotopic (exact) mass is 346 g/mol. The van der Waals surface area contributed by atoms with Gasteiger partial charge in [-0.1, -0.05) is 0 Å². The average Bonchev–Trinajstić information content (AvgIpc) is 2.58. The van der Waals surface area contributed by atoms with Gasteiger partial charge in [0.1, 0.15) is 24.4 Å². The molecule has 3 amide bonds. The highest BCUT2D eigenvalue weighted by Crippen LogP contribution is 2.02. The fraction of sp³-hybridized carbons (Fsp3) is 0.714. The van der Waals surface area contributed by atoms with Crippen LogP contribution in [0.2, 0.25) is 0 Å². The summed E-state index contributed by atoms with van der Waals surface area (Å²) in [6.07, 6.45) is 2.19. The van der Waals surface area contributed by atoms with Crippen LogP contribution in [0.3, 0.4) is 0 Å². The SMILES string of the molecule is C[C@H](NC(=O)CN)C(=O)N[C@@H](CCCC[NH3+])C(=O)N[C@H](C=O)CO. The molecule has 0 bridgehead atoms. The Morgan fingerprint density at radius 2 is 1.83 bits per heavy atom. The second-order valence-corrected chi connectivity index (χ2v) is 5.34. The smallest absolute Gasteiger partial charge is 0.243 e. The normalized spacial score (nSPS) is 14.2. The number of rotatable bonds is 12. The van der Waals surface area contributed by atoms with Gasteiger partial charge in [-0.05, 0) is 26.2 Å². The second kappa shape index (κ2) is 12.4. The maximum Gasteiger partial charge on any atom is 0.243 e. The third kappa shape index (κ3) is 8.56. The molecule has 0 aliphatic rings. The van der Waals surface area contributed by atoms with Crippen LogP contribution in [0, 0.1) is 0 Å². The van der Waals surface area contributed by atoms with Gasteiger partial charge in [0.25, 0.3) is 0 Å². The summed E-state index contributed by atoms with van der Waals surface area (Å²) >= 11 is 0. The maximum atomic E-state index is 12.2. The van der Waals surface area contributed by atoms with Gasteiger partial charge in [-0.25, -0.2) is 0 Å². The average molecular weight is 346 g/mol. The Kier molecular flexibility index (Phi) is 11.3. The first-order valence-electron chi connectivity index (χ1n) is 7.85. The molecule has 24 heavy (non-hydrogen) atoms. The first kappa shape index (κ1) is 22.0. The van der Waals surface area contributed by atoms with Gasteiger partial charge in [0.05, 0.1) is 19.7 Å². The molecule has 0 aromatic heterocycles. The van der Waals surface area contributed by atoms with Crippen LogP contribution in [-0.4, -0.2) is 66.9 Å². The predicted molar refractivity (Wildman–Crippen MR) is 85.3 cm³/mol. The molecular weight excluding hydrogens is 318 g/mol. The van der Waals surface area contributed by atoms with E-state index in [0.717, 1.165) is 6.42 Å². The summed E-state index contributed by atoms with van der Waals surface area (Å²) in [5.41, 5.74) is 8.87. The summed E-state index contributed by atoms with van der Waals surface area (Å²) in [5, 5.41) is 16.2. The number of hydrogen-bond acceptors (Lipinski definition) is 6. The van der Waals surface area contributed by atoms with Crippen molar-refractivity contribution in [3.8, 4) is 0 Å². The van der Waals surface area contributed by atoms with Gasteiger partial charge in [-0.15, -0.1) is 0 Å². The molecule has 0 aromatic rings. The van der Waals surface area contributed by atoms with Crippen LogP contribution < -0.4 is 27.4 Å². The van der Waals surface area contributed by atoms with Crippen LogP contribution in [0.1, 0.15) is 26.2 Å². The van der Waals surface area contributed by atoms with E-state index in [1.807, 2.05) is 0 Å². The Bertz CT molecular complexity index is 432. The number of carbonyl (C=O) groups is 4. The number of carbonyl (C=O) groups excluding carboxylic acids is 4. The van der Waals surface area contributed by atoms with Crippen LogP contribution in [-0.2, 0) is 19.2 Å². The topological polar surface area (TPSA) is 178 Å². The van der Waals surface area contributed by atoms with Crippen molar-refractivity contribution in [1.82, 2.24) is 16.0 Å². The van der Waals surface area contributed by atoms with E-state index in [1.165, 1.54) is 6.92 Å². The Morgan fingerprint density at radius 1 is 1.17 bits per heavy atom. The summed E-state index contributed by atoms with van der Waals surface area (Å²) < 4.78 is 0. The second-order valence-electron chi connectivity index (χ2n) is 5.34. The summed E-state index contributed by atoms with van der Waals surface area (Å²) in [5.74, 6) is -1.61. The molecule has 0 unspecified atom stereocenters. The van der Waals surface area contributed by atoms with Crippen LogP contribution in [0.15, 0.2) is 0 Å². The number of unbranched alkanes of at least 4 members (excludes halogenated alkanes) is 1. The Hall–Kier alpha value is -2.04. The number of hydrogen-bond donors (Lipinski definition) is 6. The van der Waals surface area contributed by atoms with Gasteiger partial charge in [-0.2, -0.15) is 0 Å². The zero-order valence-electron chi connectivity index (χ0n) is 13.9. The number of quaternary nitrogens is 1. The molecule has 0 saturated carbocycles. The summed E-state index contributed by atoms with van der Waals surface area (Å²) in [6, 6.07) is -2.77. The molecule has 0 aliphatic carbocycles. The van der Waals surface area contributed by atoms with Crippen molar-refractivity contribution < 1.29 is 30.0 Å². The molecule has 0 saturated heterocycles. The molecule has 0 fully saturated rings. The molecule has 0 radical (unpaired) electrons. The van der Waals surface area contributed by atoms with Crippen molar-refractivity contribution >= 4 is 24.0 Å². The van der Waals surface area contributed by atoms with E-state index in [0.29, 0.717) is 25.7 Å². The number of nitrogens with one attached hydrogen (secondary N) is 3.